The fourth-order valence-corrected chi connectivity index (χ4v) is 0.567. The largest absolute Gasteiger partial charge is 0.458 e. The molecule has 0 spiro atoms. The van der Waals surface area contributed by atoms with Gasteiger partial charge in [0, 0.05) is 6.92 Å². The summed E-state index contributed by atoms with van der Waals surface area (Å²) in [6.45, 7) is -7.66. The Hall–Kier alpha value is -1.06. The molecule has 1 unspecified atom stereocenters. The van der Waals surface area contributed by atoms with Crippen LogP contribution in [0.5, 0.6) is 0 Å². The second kappa shape index (κ2) is 15.0. The Morgan fingerprint density at radius 1 is 0.654 bits per heavy atom. The first-order chi connectivity index (χ1) is 11.6. The molecule has 0 aromatic rings. The summed E-state index contributed by atoms with van der Waals surface area (Å²) in [5.41, 5.74) is 0. The molecule has 0 aromatic carbocycles. The molecule has 0 bridgehead atoms. The van der Waals surface area contributed by atoms with Gasteiger partial charge < -0.3 is 4.74 Å². The number of rotatable bonds is 6. The van der Waals surface area contributed by atoms with Crippen molar-refractivity contribution in [2.45, 2.75) is 31.0 Å². The van der Waals surface area contributed by atoms with Gasteiger partial charge in [-0.1, -0.05) is 0 Å². The van der Waals surface area contributed by atoms with Crippen molar-refractivity contribution in [1.82, 2.24) is 0 Å². The van der Waals surface area contributed by atoms with Crippen LogP contribution in [0.25, 0.3) is 0 Å². The number of hydrogen-bond donors (Lipinski definition) is 0. The molecular weight excluding hydrogens is 418 g/mol. The molecule has 1 atom stereocenters. The first-order valence-electron chi connectivity index (χ1n) is 5.57. The maximum Gasteiger partial charge on any atom is 0.458 e. The summed E-state index contributed by atoms with van der Waals surface area (Å²) in [7, 11) is 0.500. The van der Waals surface area contributed by atoms with E-state index >= 15 is 0 Å². The Bertz CT molecular complexity index is 305. The molecule has 0 N–H and O–H groups in total. The molecule has 0 saturated heterocycles. The van der Waals surface area contributed by atoms with E-state index in [0.29, 0.717) is 14.1 Å². The predicted molar refractivity (Wildman–Crippen MR) is 59.7 cm³/mol. The smallest absolute Gasteiger partial charge is 0.300 e. The van der Waals surface area contributed by atoms with Gasteiger partial charge in [0.15, 0.2) is 20.4 Å². The normalized spacial score (nSPS) is 13.8. The maximum absolute atomic E-state index is 12.6. The molecule has 0 aliphatic carbocycles. The number of halogens is 14. The Labute approximate surface area is 138 Å². The summed E-state index contributed by atoms with van der Waals surface area (Å²) in [6, 6.07) is 0. The van der Waals surface area contributed by atoms with Gasteiger partial charge in [0.1, 0.15) is 0 Å². The Kier molecular flexibility index (Phi) is 18.9. The molecule has 26 heavy (non-hydrogen) atoms. The van der Waals surface area contributed by atoms with Crippen molar-refractivity contribution >= 4 is 0 Å². The third kappa shape index (κ3) is 14.1. The van der Waals surface area contributed by atoms with E-state index in [9.17, 15) is 61.5 Å². The van der Waals surface area contributed by atoms with Crippen LogP contribution in [0, 0.1) is 0 Å². The molecule has 0 fully saturated rings. The Balaban J connectivity index is -0.000000182. The standard InChI is InChI=1S/C5H4F8O2.C3H5F3.CH2F2.CH3F/c6-1-14-3(8,4(9,10)11)5(12,13)15-2-7;1-3(5,6)2-4;2-1-3;1-2/h1-2H2;2H2,1H3;1H2;1H3. The minimum absolute atomic E-state index is 0.500. The van der Waals surface area contributed by atoms with Crippen LogP contribution >= 0.6 is 0 Å². The lowest BCUT2D eigenvalue weighted by molar-refractivity contribution is -0.466. The van der Waals surface area contributed by atoms with Crippen LogP contribution < -0.4 is 0 Å². The van der Waals surface area contributed by atoms with Crippen LogP contribution in [0.2, 0.25) is 0 Å². The van der Waals surface area contributed by atoms with E-state index in [1.165, 1.54) is 0 Å². The van der Waals surface area contributed by atoms with Gasteiger partial charge in [-0.15, -0.1) is 0 Å². The molecule has 164 valence electrons. The van der Waals surface area contributed by atoms with Crippen LogP contribution in [-0.4, -0.2) is 58.6 Å². The van der Waals surface area contributed by atoms with Crippen molar-refractivity contribution < 1.29 is 70.9 Å². The quantitative estimate of drug-likeness (QED) is 0.496. The Morgan fingerprint density at radius 2 is 0.923 bits per heavy atom. The highest BCUT2D eigenvalue weighted by Gasteiger charge is 2.74. The van der Waals surface area contributed by atoms with Gasteiger partial charge in [-0.3, -0.25) is 9.13 Å². The lowest BCUT2D eigenvalue weighted by Crippen LogP contribution is -2.58. The molecular formula is C10H14F14O2. The fourth-order valence-electron chi connectivity index (χ4n) is 0.567. The molecule has 16 heteroatoms. The van der Waals surface area contributed by atoms with Crippen LogP contribution in [0.1, 0.15) is 6.92 Å². The summed E-state index contributed by atoms with van der Waals surface area (Å²) in [5.74, 6) is -8.86. The van der Waals surface area contributed by atoms with Crippen molar-refractivity contribution in [1.29, 1.82) is 0 Å². The first-order valence-corrected chi connectivity index (χ1v) is 5.57. The van der Waals surface area contributed by atoms with Gasteiger partial charge in [0.25, 0.3) is 5.92 Å². The Morgan fingerprint density at radius 3 is 1.08 bits per heavy atom. The van der Waals surface area contributed by atoms with E-state index in [4.69, 9.17) is 0 Å². The summed E-state index contributed by atoms with van der Waals surface area (Å²) >= 11 is 0. The average Bonchev–Trinajstić information content (AvgIpc) is 2.49. The van der Waals surface area contributed by atoms with Crippen LogP contribution in [0.3, 0.4) is 0 Å². The SMILES string of the molecule is CC(F)(F)CF.CF.FCF.FCOC(F)(F)C(F)(OCF)C(F)(F)F. The van der Waals surface area contributed by atoms with Crippen molar-refractivity contribution in [3.05, 3.63) is 0 Å². The summed E-state index contributed by atoms with van der Waals surface area (Å²) in [4.78, 5) is 0. The van der Waals surface area contributed by atoms with E-state index in [1.807, 2.05) is 0 Å². The molecule has 0 radical (unpaired) electrons. The molecule has 0 heterocycles. The molecule has 0 saturated carbocycles. The van der Waals surface area contributed by atoms with E-state index in [0.717, 1.165) is 0 Å². The molecule has 0 amide bonds. The topological polar surface area (TPSA) is 18.5 Å². The second-order valence-electron chi connectivity index (χ2n) is 3.42. The highest BCUT2D eigenvalue weighted by atomic mass is 19.4. The van der Waals surface area contributed by atoms with E-state index in [-0.39, 0.29) is 0 Å². The van der Waals surface area contributed by atoms with Crippen molar-refractivity contribution in [2.75, 3.05) is 34.5 Å². The van der Waals surface area contributed by atoms with Crippen LogP contribution in [0.4, 0.5) is 61.5 Å². The number of ether oxygens (including phenoxy) is 2. The molecule has 0 aliphatic heterocycles. The predicted octanol–water partition coefficient (Wildman–Crippen LogP) is 5.77. The van der Waals surface area contributed by atoms with E-state index < -0.39 is 51.4 Å². The maximum atomic E-state index is 12.6. The molecule has 0 rings (SSSR count). The third-order valence-corrected chi connectivity index (χ3v) is 1.46. The zero-order valence-corrected chi connectivity index (χ0v) is 12.9. The van der Waals surface area contributed by atoms with E-state index in [1.54, 1.807) is 0 Å². The van der Waals surface area contributed by atoms with Crippen molar-refractivity contribution in [3.63, 3.8) is 0 Å². The van der Waals surface area contributed by atoms with Gasteiger partial charge in [-0.05, 0) is 0 Å². The molecule has 0 aliphatic rings. The van der Waals surface area contributed by atoms with Gasteiger partial charge in [-0.2, -0.15) is 26.3 Å². The molecule has 2 nitrogen and oxygen atoms in total. The zero-order valence-electron chi connectivity index (χ0n) is 12.9. The number of hydrogen-bond acceptors (Lipinski definition) is 2. The van der Waals surface area contributed by atoms with Crippen molar-refractivity contribution in [3.8, 4) is 0 Å². The monoisotopic (exact) mass is 432 g/mol. The van der Waals surface area contributed by atoms with Crippen molar-refractivity contribution in [2.24, 2.45) is 0 Å². The van der Waals surface area contributed by atoms with E-state index in [2.05, 4.69) is 9.47 Å². The average molecular weight is 432 g/mol. The second-order valence-corrected chi connectivity index (χ2v) is 3.42. The minimum atomic E-state index is -6.28. The summed E-state index contributed by atoms with van der Waals surface area (Å²) in [6.07, 6.45) is -12.0. The van der Waals surface area contributed by atoms with Gasteiger partial charge >= 0.3 is 18.1 Å². The van der Waals surface area contributed by atoms with Gasteiger partial charge in [-0.25, -0.2) is 30.7 Å². The summed E-state index contributed by atoms with van der Waals surface area (Å²) in [5, 5.41) is 0. The fraction of sp³-hybridized carbons (Fsp3) is 1.00. The number of alkyl halides is 14. The van der Waals surface area contributed by atoms with Gasteiger partial charge in [0.2, 0.25) is 6.93 Å². The van der Waals surface area contributed by atoms with Gasteiger partial charge in [0.05, 0.1) is 7.18 Å². The van der Waals surface area contributed by atoms with Crippen LogP contribution in [0.15, 0.2) is 0 Å². The summed E-state index contributed by atoms with van der Waals surface area (Å²) < 4.78 is 162. The lowest BCUT2D eigenvalue weighted by Gasteiger charge is -2.31. The third-order valence-electron chi connectivity index (χ3n) is 1.46. The highest BCUT2D eigenvalue weighted by molar-refractivity contribution is 4.86. The first kappa shape index (κ1) is 32.6. The minimum Gasteiger partial charge on any atom is -0.300 e. The van der Waals surface area contributed by atoms with Crippen LogP contribution in [-0.2, 0) is 9.47 Å². The zero-order chi connectivity index (χ0) is 22.2. The lowest BCUT2D eigenvalue weighted by atomic mass is 10.3. The molecule has 0 aromatic heterocycles. The highest BCUT2D eigenvalue weighted by Crippen LogP contribution is 2.46.